The molecule has 2 fully saturated rings. The van der Waals surface area contributed by atoms with Crippen LogP contribution in [0.4, 0.5) is 0 Å². The van der Waals surface area contributed by atoms with Crippen LogP contribution in [0, 0.1) is 11.8 Å². The molecule has 1 N–H and O–H groups in total. The number of rotatable bonds is 5. The van der Waals surface area contributed by atoms with E-state index in [9.17, 15) is 0 Å². The molecule has 20 heavy (non-hydrogen) atoms. The number of nitrogens with one attached hydrogen (secondary N) is 1. The van der Waals surface area contributed by atoms with E-state index in [1.165, 1.54) is 83.8 Å². The van der Waals surface area contributed by atoms with Gasteiger partial charge in [0.2, 0.25) is 0 Å². The van der Waals surface area contributed by atoms with Gasteiger partial charge in [-0.2, -0.15) is 0 Å². The Labute approximate surface area is 126 Å². The third-order valence-corrected chi connectivity index (χ3v) is 5.66. The number of hydrogen-bond donors (Lipinski definition) is 1. The first kappa shape index (κ1) is 16.3. The van der Waals surface area contributed by atoms with Crippen molar-refractivity contribution in [1.82, 2.24) is 10.2 Å². The SMILES string of the molecule is CCCC1CCCN(CC2CCCCCC2NC)CC1. The van der Waals surface area contributed by atoms with Gasteiger partial charge < -0.3 is 10.2 Å². The monoisotopic (exact) mass is 280 g/mol. The minimum Gasteiger partial charge on any atom is -0.317 e. The predicted molar refractivity (Wildman–Crippen MR) is 88.1 cm³/mol. The standard InChI is InChI=1S/C18H36N2/c1-3-8-16-9-7-13-20(14-12-16)15-17-10-5-4-6-11-18(17)19-2/h16-19H,3-15H2,1-2H3. The van der Waals surface area contributed by atoms with E-state index >= 15 is 0 Å². The van der Waals surface area contributed by atoms with Crippen LogP contribution in [0.5, 0.6) is 0 Å². The number of likely N-dealkylation sites (tertiary alicyclic amines) is 1. The lowest BCUT2D eigenvalue weighted by Crippen LogP contribution is -2.41. The zero-order valence-electron chi connectivity index (χ0n) is 13.9. The largest absolute Gasteiger partial charge is 0.317 e. The van der Waals surface area contributed by atoms with Crippen LogP contribution in [-0.2, 0) is 0 Å². The van der Waals surface area contributed by atoms with Crippen molar-refractivity contribution >= 4 is 0 Å². The first-order valence-corrected chi connectivity index (χ1v) is 9.23. The minimum absolute atomic E-state index is 0.771. The van der Waals surface area contributed by atoms with Crippen molar-refractivity contribution in [3.63, 3.8) is 0 Å². The summed E-state index contributed by atoms with van der Waals surface area (Å²) in [5, 5.41) is 3.60. The van der Waals surface area contributed by atoms with E-state index in [0.29, 0.717) is 0 Å². The second-order valence-corrected chi connectivity index (χ2v) is 7.18. The molecule has 2 nitrogen and oxygen atoms in total. The van der Waals surface area contributed by atoms with E-state index in [0.717, 1.165) is 17.9 Å². The molecule has 0 aromatic rings. The van der Waals surface area contributed by atoms with E-state index in [4.69, 9.17) is 0 Å². The molecule has 1 aliphatic carbocycles. The fourth-order valence-electron chi connectivity index (χ4n) is 4.42. The summed E-state index contributed by atoms with van der Waals surface area (Å²) < 4.78 is 0. The molecular weight excluding hydrogens is 244 g/mol. The lowest BCUT2D eigenvalue weighted by molar-refractivity contribution is 0.200. The zero-order valence-corrected chi connectivity index (χ0v) is 13.9. The molecule has 0 amide bonds. The van der Waals surface area contributed by atoms with Gasteiger partial charge in [0.05, 0.1) is 0 Å². The van der Waals surface area contributed by atoms with E-state index in [-0.39, 0.29) is 0 Å². The van der Waals surface area contributed by atoms with Crippen LogP contribution in [0.25, 0.3) is 0 Å². The number of nitrogens with zero attached hydrogens (tertiary/aromatic N) is 1. The fourth-order valence-corrected chi connectivity index (χ4v) is 4.42. The van der Waals surface area contributed by atoms with Crippen molar-refractivity contribution in [3.05, 3.63) is 0 Å². The average Bonchev–Trinajstić information content (AvgIpc) is 2.81. The molecule has 3 unspecified atom stereocenters. The second kappa shape index (κ2) is 9.04. The molecule has 118 valence electrons. The van der Waals surface area contributed by atoms with E-state index in [1.807, 2.05) is 0 Å². The van der Waals surface area contributed by atoms with Gasteiger partial charge in [0.25, 0.3) is 0 Å². The van der Waals surface area contributed by atoms with Gasteiger partial charge in [-0.1, -0.05) is 39.0 Å². The maximum Gasteiger partial charge on any atom is 0.0104 e. The maximum atomic E-state index is 3.60. The molecule has 0 spiro atoms. The first-order valence-electron chi connectivity index (χ1n) is 9.23. The smallest absolute Gasteiger partial charge is 0.0104 e. The van der Waals surface area contributed by atoms with Gasteiger partial charge >= 0.3 is 0 Å². The summed E-state index contributed by atoms with van der Waals surface area (Å²) in [6.45, 7) is 6.40. The fraction of sp³-hybridized carbons (Fsp3) is 1.00. The van der Waals surface area contributed by atoms with Crippen LogP contribution in [0.1, 0.15) is 71.1 Å². The summed E-state index contributed by atoms with van der Waals surface area (Å²) in [7, 11) is 2.17. The van der Waals surface area contributed by atoms with Crippen molar-refractivity contribution in [2.45, 2.75) is 77.2 Å². The van der Waals surface area contributed by atoms with Crippen molar-refractivity contribution in [1.29, 1.82) is 0 Å². The van der Waals surface area contributed by atoms with Crippen molar-refractivity contribution < 1.29 is 0 Å². The van der Waals surface area contributed by atoms with E-state index in [1.54, 1.807) is 0 Å². The van der Waals surface area contributed by atoms with Crippen LogP contribution < -0.4 is 5.32 Å². The molecule has 2 aliphatic rings. The molecule has 2 rings (SSSR count). The number of hydrogen-bond acceptors (Lipinski definition) is 2. The summed E-state index contributed by atoms with van der Waals surface area (Å²) in [5.74, 6) is 1.91. The molecule has 1 saturated heterocycles. The molecular formula is C18H36N2. The van der Waals surface area contributed by atoms with Gasteiger partial charge in [-0.25, -0.2) is 0 Å². The summed E-state index contributed by atoms with van der Waals surface area (Å²) >= 11 is 0. The molecule has 2 heteroatoms. The maximum absolute atomic E-state index is 3.60. The van der Waals surface area contributed by atoms with Gasteiger partial charge in [0, 0.05) is 12.6 Å². The molecule has 1 heterocycles. The Morgan fingerprint density at radius 1 is 0.950 bits per heavy atom. The Bertz CT molecular complexity index is 254. The Kier molecular flexibility index (Phi) is 7.37. The highest BCUT2D eigenvalue weighted by atomic mass is 15.1. The summed E-state index contributed by atoms with van der Waals surface area (Å²) in [6, 6.07) is 0.771. The van der Waals surface area contributed by atoms with Crippen LogP contribution in [0.3, 0.4) is 0 Å². The topological polar surface area (TPSA) is 15.3 Å². The average molecular weight is 281 g/mol. The summed E-state index contributed by atoms with van der Waals surface area (Å²) in [6.07, 6.45) is 14.4. The molecule has 1 aliphatic heterocycles. The van der Waals surface area contributed by atoms with Crippen molar-refractivity contribution in [3.8, 4) is 0 Å². The van der Waals surface area contributed by atoms with Crippen LogP contribution in [0.15, 0.2) is 0 Å². The Balaban J connectivity index is 1.81. The molecule has 0 radical (unpaired) electrons. The van der Waals surface area contributed by atoms with E-state index < -0.39 is 0 Å². The minimum atomic E-state index is 0.771. The van der Waals surface area contributed by atoms with Crippen LogP contribution in [-0.4, -0.2) is 37.6 Å². The van der Waals surface area contributed by atoms with Gasteiger partial charge in [0.15, 0.2) is 0 Å². The lowest BCUT2D eigenvalue weighted by atomic mass is 9.94. The van der Waals surface area contributed by atoms with Crippen LogP contribution >= 0.6 is 0 Å². The Hall–Kier alpha value is -0.0800. The summed E-state index contributed by atoms with van der Waals surface area (Å²) in [5.41, 5.74) is 0. The Morgan fingerprint density at radius 2 is 1.80 bits per heavy atom. The normalized spacial score (nSPS) is 33.6. The third kappa shape index (κ3) is 5.04. The highest BCUT2D eigenvalue weighted by Crippen LogP contribution is 2.27. The Morgan fingerprint density at radius 3 is 2.60 bits per heavy atom. The van der Waals surface area contributed by atoms with E-state index in [2.05, 4.69) is 24.2 Å². The lowest BCUT2D eigenvalue weighted by Gasteiger charge is -2.31. The third-order valence-electron chi connectivity index (χ3n) is 5.66. The molecule has 0 aromatic heterocycles. The summed E-state index contributed by atoms with van der Waals surface area (Å²) in [4.78, 5) is 2.79. The molecule has 1 saturated carbocycles. The van der Waals surface area contributed by atoms with Gasteiger partial charge in [-0.05, 0) is 64.1 Å². The van der Waals surface area contributed by atoms with Gasteiger partial charge in [-0.3, -0.25) is 0 Å². The van der Waals surface area contributed by atoms with Gasteiger partial charge in [0.1, 0.15) is 0 Å². The molecule has 0 aromatic carbocycles. The molecule has 3 atom stereocenters. The highest BCUT2D eigenvalue weighted by molar-refractivity contribution is 4.82. The first-order chi connectivity index (χ1) is 9.83. The van der Waals surface area contributed by atoms with Gasteiger partial charge in [-0.15, -0.1) is 0 Å². The van der Waals surface area contributed by atoms with Crippen molar-refractivity contribution in [2.24, 2.45) is 11.8 Å². The molecule has 0 bridgehead atoms. The predicted octanol–water partition coefficient (Wildman–Crippen LogP) is 4.06. The quantitative estimate of drug-likeness (QED) is 0.764. The zero-order chi connectivity index (χ0) is 14.2. The second-order valence-electron chi connectivity index (χ2n) is 7.18. The van der Waals surface area contributed by atoms with Crippen LogP contribution in [0.2, 0.25) is 0 Å². The van der Waals surface area contributed by atoms with Crippen molar-refractivity contribution in [2.75, 3.05) is 26.7 Å². The highest BCUT2D eigenvalue weighted by Gasteiger charge is 2.25.